The van der Waals surface area contributed by atoms with E-state index in [1.165, 1.54) is 12.1 Å². The number of nitrogens with one attached hydrogen (secondary N) is 2. The standard InChI is InChI=1S/C15H19ClN2O4S/c16-11-7-12-13(22-9-15(19)17-12)8-14(11)23(20,21)18-10-5-3-1-2-4-6-10/h7-8,10,18H,1-6,9H2,(H,17,19). The minimum Gasteiger partial charge on any atom is -0.482 e. The number of rotatable bonds is 3. The Morgan fingerprint density at radius 2 is 1.87 bits per heavy atom. The molecular formula is C15H19ClN2O4S. The molecule has 1 heterocycles. The van der Waals surface area contributed by atoms with Crippen LogP contribution in [0.4, 0.5) is 5.69 Å². The van der Waals surface area contributed by atoms with Gasteiger partial charge in [-0.3, -0.25) is 4.79 Å². The summed E-state index contributed by atoms with van der Waals surface area (Å²) < 4.78 is 33.3. The second-order valence-corrected chi connectivity index (χ2v) is 8.02. The molecular weight excluding hydrogens is 340 g/mol. The maximum Gasteiger partial charge on any atom is 0.262 e. The zero-order valence-corrected chi connectivity index (χ0v) is 14.2. The first-order valence-electron chi connectivity index (χ1n) is 7.74. The third-order valence-corrected chi connectivity index (χ3v) is 6.12. The minimum absolute atomic E-state index is 0.0155. The van der Waals surface area contributed by atoms with E-state index in [0.717, 1.165) is 38.5 Å². The van der Waals surface area contributed by atoms with Crippen LogP contribution in [-0.2, 0) is 14.8 Å². The number of hydrogen-bond acceptors (Lipinski definition) is 4. The molecule has 0 spiro atoms. The van der Waals surface area contributed by atoms with Gasteiger partial charge in [0.1, 0.15) is 10.6 Å². The van der Waals surface area contributed by atoms with E-state index in [0.29, 0.717) is 11.4 Å². The van der Waals surface area contributed by atoms with Crippen molar-refractivity contribution in [2.45, 2.75) is 49.5 Å². The number of fused-ring (bicyclic) bond motifs is 1. The van der Waals surface area contributed by atoms with Crippen LogP contribution < -0.4 is 14.8 Å². The fraction of sp³-hybridized carbons (Fsp3) is 0.533. The van der Waals surface area contributed by atoms with Gasteiger partial charge in [0.2, 0.25) is 10.0 Å². The van der Waals surface area contributed by atoms with Crippen molar-refractivity contribution in [2.75, 3.05) is 11.9 Å². The van der Waals surface area contributed by atoms with E-state index in [9.17, 15) is 13.2 Å². The average Bonchev–Trinajstić information content (AvgIpc) is 2.74. The van der Waals surface area contributed by atoms with Gasteiger partial charge in [-0.05, 0) is 18.9 Å². The molecule has 1 aromatic carbocycles. The molecule has 2 N–H and O–H groups in total. The Kier molecular flexibility index (Phi) is 4.79. The molecule has 8 heteroatoms. The number of carbonyl (C=O) groups is 1. The van der Waals surface area contributed by atoms with Crippen LogP contribution in [0.3, 0.4) is 0 Å². The SMILES string of the molecule is O=C1COc2cc(S(=O)(=O)NC3CCCCCC3)c(Cl)cc2N1. The highest BCUT2D eigenvalue weighted by Crippen LogP contribution is 2.35. The van der Waals surface area contributed by atoms with Gasteiger partial charge >= 0.3 is 0 Å². The van der Waals surface area contributed by atoms with Gasteiger partial charge in [0.05, 0.1) is 10.7 Å². The Balaban J connectivity index is 1.86. The van der Waals surface area contributed by atoms with Gasteiger partial charge < -0.3 is 10.1 Å². The first-order valence-corrected chi connectivity index (χ1v) is 9.60. The van der Waals surface area contributed by atoms with Gasteiger partial charge in [-0.1, -0.05) is 37.3 Å². The van der Waals surface area contributed by atoms with E-state index in [1.807, 2.05) is 0 Å². The second-order valence-electron chi connectivity index (χ2n) is 5.93. The van der Waals surface area contributed by atoms with Gasteiger partial charge in [-0.2, -0.15) is 0 Å². The van der Waals surface area contributed by atoms with Crippen molar-refractivity contribution in [3.8, 4) is 5.75 Å². The van der Waals surface area contributed by atoms with E-state index < -0.39 is 10.0 Å². The van der Waals surface area contributed by atoms with Crippen molar-refractivity contribution in [3.05, 3.63) is 17.2 Å². The molecule has 1 aliphatic carbocycles. The zero-order valence-electron chi connectivity index (χ0n) is 12.6. The van der Waals surface area contributed by atoms with E-state index in [1.54, 1.807) is 0 Å². The Labute approximate surface area is 140 Å². The molecule has 6 nitrogen and oxygen atoms in total. The van der Waals surface area contributed by atoms with Crippen LogP contribution in [0.2, 0.25) is 5.02 Å². The average molecular weight is 359 g/mol. The predicted molar refractivity (Wildman–Crippen MR) is 87.4 cm³/mol. The highest BCUT2D eigenvalue weighted by molar-refractivity contribution is 7.89. The van der Waals surface area contributed by atoms with E-state index in [-0.39, 0.29) is 28.5 Å². The highest BCUT2D eigenvalue weighted by atomic mass is 35.5. The third-order valence-electron chi connectivity index (χ3n) is 4.13. The maximum absolute atomic E-state index is 12.6. The van der Waals surface area contributed by atoms with Gasteiger partial charge in [-0.25, -0.2) is 13.1 Å². The van der Waals surface area contributed by atoms with Crippen LogP contribution in [0.15, 0.2) is 17.0 Å². The number of halogens is 1. The molecule has 126 valence electrons. The second kappa shape index (κ2) is 6.67. The summed E-state index contributed by atoms with van der Waals surface area (Å²) in [4.78, 5) is 11.3. The molecule has 1 saturated carbocycles. The summed E-state index contributed by atoms with van der Waals surface area (Å²) in [6.07, 6.45) is 6.03. The topological polar surface area (TPSA) is 84.5 Å². The van der Waals surface area contributed by atoms with Crippen molar-refractivity contribution in [1.82, 2.24) is 4.72 Å². The summed E-state index contributed by atoms with van der Waals surface area (Å²) in [5.74, 6) is 0.0241. The van der Waals surface area contributed by atoms with Crippen LogP contribution in [0.1, 0.15) is 38.5 Å². The molecule has 1 aromatic rings. The first-order chi connectivity index (χ1) is 11.0. The first kappa shape index (κ1) is 16.5. The lowest BCUT2D eigenvalue weighted by molar-refractivity contribution is -0.118. The molecule has 3 rings (SSSR count). The third kappa shape index (κ3) is 3.79. The van der Waals surface area contributed by atoms with Crippen LogP contribution >= 0.6 is 11.6 Å². The normalized spacial score (nSPS) is 19.4. The fourth-order valence-corrected chi connectivity index (χ4v) is 4.82. The van der Waals surface area contributed by atoms with Crippen molar-refractivity contribution in [3.63, 3.8) is 0 Å². The Morgan fingerprint density at radius 1 is 1.17 bits per heavy atom. The lowest BCUT2D eigenvalue weighted by atomic mass is 10.1. The monoisotopic (exact) mass is 358 g/mol. The molecule has 0 atom stereocenters. The van der Waals surface area contributed by atoms with Crippen molar-refractivity contribution < 1.29 is 17.9 Å². The largest absolute Gasteiger partial charge is 0.482 e. The number of amides is 1. The molecule has 0 radical (unpaired) electrons. The molecule has 1 amide bonds. The number of benzene rings is 1. The van der Waals surface area contributed by atoms with Gasteiger partial charge in [0, 0.05) is 12.1 Å². The molecule has 2 aliphatic rings. The maximum atomic E-state index is 12.6. The Bertz CT molecular complexity index is 712. The Morgan fingerprint density at radius 3 is 2.57 bits per heavy atom. The summed E-state index contributed by atoms with van der Waals surface area (Å²) >= 11 is 6.12. The number of carbonyl (C=O) groups excluding carboxylic acids is 1. The van der Waals surface area contributed by atoms with E-state index in [2.05, 4.69) is 10.0 Å². The van der Waals surface area contributed by atoms with Crippen LogP contribution in [0, 0.1) is 0 Å². The predicted octanol–water partition coefficient (Wildman–Crippen LogP) is 2.67. The molecule has 0 aromatic heterocycles. The number of hydrogen-bond donors (Lipinski definition) is 2. The van der Waals surface area contributed by atoms with Crippen molar-refractivity contribution in [1.29, 1.82) is 0 Å². The molecule has 1 fully saturated rings. The number of ether oxygens (including phenoxy) is 1. The van der Waals surface area contributed by atoms with Crippen LogP contribution in [0.5, 0.6) is 5.75 Å². The molecule has 0 saturated heterocycles. The summed E-state index contributed by atoms with van der Waals surface area (Å²) in [7, 11) is -3.73. The van der Waals surface area contributed by atoms with E-state index in [4.69, 9.17) is 16.3 Å². The summed E-state index contributed by atoms with van der Waals surface area (Å²) in [6, 6.07) is 2.72. The van der Waals surface area contributed by atoms with Gasteiger partial charge in [-0.15, -0.1) is 0 Å². The minimum atomic E-state index is -3.73. The molecule has 0 unspecified atom stereocenters. The smallest absolute Gasteiger partial charge is 0.262 e. The quantitative estimate of drug-likeness (QED) is 0.813. The van der Waals surface area contributed by atoms with Gasteiger partial charge in [0.15, 0.2) is 6.61 Å². The lowest BCUT2D eigenvalue weighted by Crippen LogP contribution is -2.34. The highest BCUT2D eigenvalue weighted by Gasteiger charge is 2.26. The summed E-state index contributed by atoms with van der Waals surface area (Å²) in [5, 5.41) is 2.67. The fourth-order valence-electron chi connectivity index (χ4n) is 2.97. The van der Waals surface area contributed by atoms with Crippen molar-refractivity contribution >= 4 is 33.2 Å². The molecule has 0 bridgehead atoms. The Hall–Kier alpha value is -1.31. The molecule has 23 heavy (non-hydrogen) atoms. The van der Waals surface area contributed by atoms with Gasteiger partial charge in [0.25, 0.3) is 5.91 Å². The summed E-state index contributed by atoms with van der Waals surface area (Å²) in [5.41, 5.74) is 0.389. The number of sulfonamides is 1. The molecule has 1 aliphatic heterocycles. The lowest BCUT2D eigenvalue weighted by Gasteiger charge is -2.21. The zero-order chi connectivity index (χ0) is 16.4. The summed E-state index contributed by atoms with van der Waals surface area (Å²) in [6.45, 7) is -0.135. The number of anilines is 1. The van der Waals surface area contributed by atoms with E-state index >= 15 is 0 Å². The van der Waals surface area contributed by atoms with Crippen LogP contribution in [0.25, 0.3) is 0 Å². The van der Waals surface area contributed by atoms with Crippen molar-refractivity contribution in [2.24, 2.45) is 0 Å². The van der Waals surface area contributed by atoms with Crippen LogP contribution in [-0.4, -0.2) is 27.0 Å².